The van der Waals surface area contributed by atoms with E-state index in [0.29, 0.717) is 12.2 Å². The van der Waals surface area contributed by atoms with Crippen molar-refractivity contribution in [2.45, 2.75) is 46.6 Å². The van der Waals surface area contributed by atoms with Gasteiger partial charge in [0.15, 0.2) is 11.5 Å². The number of ketones is 2. The van der Waals surface area contributed by atoms with Gasteiger partial charge in [-0.15, -0.1) is 0 Å². The van der Waals surface area contributed by atoms with E-state index in [0.717, 1.165) is 5.57 Å². The zero-order valence-corrected chi connectivity index (χ0v) is 17.3. The number of hydrogen-bond donors (Lipinski definition) is 0. The largest absolute Gasteiger partial charge is 0.493 e. The van der Waals surface area contributed by atoms with Crippen LogP contribution in [0.1, 0.15) is 40.5 Å². The molecule has 1 heterocycles. The molecule has 4 rings (SSSR count). The molecule has 28 heavy (non-hydrogen) atoms. The van der Waals surface area contributed by atoms with Crippen LogP contribution in [0.4, 0.5) is 0 Å². The Bertz CT molecular complexity index is 838. The van der Waals surface area contributed by atoms with E-state index >= 15 is 0 Å². The molecule has 1 aliphatic heterocycles. The lowest BCUT2D eigenvalue weighted by Gasteiger charge is -2.64. The maximum Gasteiger partial charge on any atom is 0.306 e. The van der Waals surface area contributed by atoms with Crippen molar-refractivity contribution in [2.24, 2.45) is 34.5 Å². The first kappa shape index (κ1) is 19.2. The second-order valence-corrected chi connectivity index (χ2v) is 9.16. The summed E-state index contributed by atoms with van der Waals surface area (Å²) in [6.45, 7) is 7.80. The third-order valence-electron chi connectivity index (χ3n) is 8.10. The van der Waals surface area contributed by atoms with Crippen LogP contribution in [-0.4, -0.2) is 37.9 Å². The Morgan fingerprint density at radius 1 is 1.14 bits per heavy atom. The highest BCUT2D eigenvalue weighted by Gasteiger charge is 2.72. The molecule has 0 aromatic heterocycles. The summed E-state index contributed by atoms with van der Waals surface area (Å²) in [6, 6.07) is 0. The number of methoxy groups -OCH3 is 2. The van der Waals surface area contributed by atoms with Crippen LogP contribution in [-0.2, 0) is 28.6 Å². The average Bonchev–Trinajstić information content (AvgIpc) is 2.63. The number of ether oxygens (including phenoxy) is 3. The van der Waals surface area contributed by atoms with Gasteiger partial charge in [0.05, 0.1) is 20.6 Å². The van der Waals surface area contributed by atoms with Crippen LogP contribution in [0.2, 0.25) is 0 Å². The summed E-state index contributed by atoms with van der Waals surface area (Å²) >= 11 is 0. The fraction of sp³-hybridized carbons (Fsp3) is 0.682. The van der Waals surface area contributed by atoms with Crippen molar-refractivity contribution in [2.75, 3.05) is 14.2 Å². The summed E-state index contributed by atoms with van der Waals surface area (Å²) in [4.78, 5) is 39.6. The second-order valence-electron chi connectivity index (χ2n) is 9.16. The topological polar surface area (TPSA) is 78.9 Å². The Morgan fingerprint density at radius 2 is 1.82 bits per heavy atom. The van der Waals surface area contributed by atoms with Crippen LogP contribution in [0.3, 0.4) is 0 Å². The van der Waals surface area contributed by atoms with Gasteiger partial charge in [0.2, 0.25) is 11.6 Å². The molecule has 1 saturated heterocycles. The van der Waals surface area contributed by atoms with Crippen molar-refractivity contribution in [3.05, 3.63) is 23.2 Å². The SMILES string of the molecule is COC1=C[C@@H](C)[C@@H]2C[C@H]3OC(=O)C[C@H]4C(C)=C(OC)C(=O)[C@H]([C@@]2(C)C1=O)[C@@]34C. The highest BCUT2D eigenvalue weighted by Crippen LogP contribution is 2.67. The molecule has 0 unspecified atom stereocenters. The smallest absolute Gasteiger partial charge is 0.306 e. The fourth-order valence-corrected chi connectivity index (χ4v) is 6.81. The molecule has 0 aromatic rings. The number of allylic oxidation sites excluding steroid dienone is 4. The Labute approximate surface area is 165 Å². The highest BCUT2D eigenvalue weighted by molar-refractivity contribution is 6.07. The molecule has 0 aromatic carbocycles. The van der Waals surface area contributed by atoms with E-state index in [1.807, 2.05) is 33.8 Å². The molecule has 0 N–H and O–H groups in total. The predicted molar refractivity (Wildman–Crippen MR) is 99.8 cm³/mol. The summed E-state index contributed by atoms with van der Waals surface area (Å²) in [5, 5.41) is 0. The Balaban J connectivity index is 1.99. The lowest BCUT2D eigenvalue weighted by molar-refractivity contribution is -0.217. The minimum atomic E-state index is -0.936. The minimum Gasteiger partial charge on any atom is -0.493 e. The lowest BCUT2D eigenvalue weighted by atomic mass is 9.40. The van der Waals surface area contributed by atoms with Gasteiger partial charge in [-0.25, -0.2) is 0 Å². The number of fused-ring (bicyclic) bond motifs is 2. The maximum absolute atomic E-state index is 13.7. The van der Waals surface area contributed by atoms with Crippen LogP contribution in [0.25, 0.3) is 0 Å². The Hall–Kier alpha value is -2.11. The predicted octanol–water partition coefficient (Wildman–Crippen LogP) is 2.82. The molecule has 1 saturated carbocycles. The number of esters is 1. The number of rotatable bonds is 2. The zero-order valence-electron chi connectivity index (χ0n) is 17.3. The van der Waals surface area contributed by atoms with Crippen LogP contribution in [0.15, 0.2) is 23.2 Å². The van der Waals surface area contributed by atoms with Crippen molar-refractivity contribution < 1.29 is 28.6 Å². The minimum absolute atomic E-state index is 0.0204. The Kier molecular flexibility index (Phi) is 4.08. The molecule has 6 heteroatoms. The first-order valence-corrected chi connectivity index (χ1v) is 9.91. The van der Waals surface area contributed by atoms with Crippen molar-refractivity contribution in [1.29, 1.82) is 0 Å². The first-order chi connectivity index (χ1) is 13.1. The zero-order chi connectivity index (χ0) is 20.6. The number of Topliss-reactive ketones (excluding diaryl/α,β-unsaturated/α-hetero) is 2. The molecule has 0 amide bonds. The second kappa shape index (κ2) is 5.94. The van der Waals surface area contributed by atoms with Crippen LogP contribution in [0.5, 0.6) is 0 Å². The van der Waals surface area contributed by atoms with Crippen molar-refractivity contribution in [3.8, 4) is 0 Å². The van der Waals surface area contributed by atoms with E-state index in [2.05, 4.69) is 0 Å². The van der Waals surface area contributed by atoms with Gasteiger partial charge in [-0.05, 0) is 36.8 Å². The average molecular weight is 388 g/mol. The molecule has 3 aliphatic carbocycles. The summed E-state index contributed by atoms with van der Waals surface area (Å²) in [5.74, 6) is -0.854. The fourth-order valence-electron chi connectivity index (χ4n) is 6.81. The molecule has 7 atom stereocenters. The molecule has 152 valence electrons. The van der Waals surface area contributed by atoms with E-state index in [4.69, 9.17) is 14.2 Å². The number of hydrogen-bond acceptors (Lipinski definition) is 6. The number of carbonyl (C=O) groups is 3. The van der Waals surface area contributed by atoms with Gasteiger partial charge >= 0.3 is 5.97 Å². The monoisotopic (exact) mass is 388 g/mol. The van der Waals surface area contributed by atoms with Crippen LogP contribution in [0, 0.1) is 34.5 Å². The van der Waals surface area contributed by atoms with E-state index in [1.165, 1.54) is 14.2 Å². The van der Waals surface area contributed by atoms with Gasteiger partial charge in [0.1, 0.15) is 6.10 Å². The standard InChI is InChI=1S/C22H28O6/c1-10-7-14(26-5)20(25)22(4)12(10)8-15-21(3)13(9-16(23)28-15)11(2)18(27-6)17(24)19(21)22/h7,10,12-13,15,19H,8-9H2,1-6H3/t10-,12+,13+,15-,19+,21-,22+/m1/s1. The van der Waals surface area contributed by atoms with Gasteiger partial charge in [-0.3, -0.25) is 14.4 Å². The van der Waals surface area contributed by atoms with Gasteiger partial charge < -0.3 is 14.2 Å². The van der Waals surface area contributed by atoms with E-state index in [1.54, 1.807) is 0 Å². The van der Waals surface area contributed by atoms with Crippen LogP contribution < -0.4 is 0 Å². The van der Waals surface area contributed by atoms with Gasteiger partial charge in [0.25, 0.3) is 0 Å². The third kappa shape index (κ3) is 2.06. The molecule has 4 aliphatic rings. The molecule has 0 spiro atoms. The molecule has 0 bridgehead atoms. The molecule has 2 fully saturated rings. The quantitative estimate of drug-likeness (QED) is 0.677. The van der Waals surface area contributed by atoms with Gasteiger partial charge in [-0.2, -0.15) is 0 Å². The summed E-state index contributed by atoms with van der Waals surface area (Å²) in [5.41, 5.74) is -0.795. The van der Waals surface area contributed by atoms with Crippen LogP contribution >= 0.6 is 0 Å². The van der Waals surface area contributed by atoms with Crippen molar-refractivity contribution in [3.63, 3.8) is 0 Å². The maximum atomic E-state index is 13.7. The molecule has 0 radical (unpaired) electrons. The summed E-state index contributed by atoms with van der Waals surface area (Å²) in [7, 11) is 2.97. The molecule has 6 nitrogen and oxygen atoms in total. The summed E-state index contributed by atoms with van der Waals surface area (Å²) in [6.07, 6.45) is 2.21. The first-order valence-electron chi connectivity index (χ1n) is 9.91. The van der Waals surface area contributed by atoms with Gasteiger partial charge in [0, 0.05) is 22.7 Å². The highest BCUT2D eigenvalue weighted by atomic mass is 16.5. The lowest BCUT2D eigenvalue weighted by Crippen LogP contribution is -2.69. The van der Waals surface area contributed by atoms with Gasteiger partial charge in [-0.1, -0.05) is 20.8 Å². The summed E-state index contributed by atoms with van der Waals surface area (Å²) < 4.78 is 16.7. The number of carbonyl (C=O) groups excluding carboxylic acids is 3. The molecular formula is C22H28O6. The van der Waals surface area contributed by atoms with Crippen molar-refractivity contribution in [1.82, 2.24) is 0 Å². The molecular weight excluding hydrogens is 360 g/mol. The van der Waals surface area contributed by atoms with E-state index in [9.17, 15) is 14.4 Å². The van der Waals surface area contributed by atoms with E-state index < -0.39 is 22.9 Å². The normalized spacial score (nSPS) is 45.0. The van der Waals surface area contributed by atoms with Crippen molar-refractivity contribution >= 4 is 17.5 Å². The van der Waals surface area contributed by atoms with E-state index in [-0.39, 0.29) is 47.5 Å². The third-order valence-corrected chi connectivity index (χ3v) is 8.10. The Morgan fingerprint density at radius 3 is 2.43 bits per heavy atom.